The van der Waals surface area contributed by atoms with Crippen molar-refractivity contribution in [3.05, 3.63) is 23.4 Å². The minimum absolute atomic E-state index is 0.180. The molecule has 0 bridgehead atoms. The summed E-state index contributed by atoms with van der Waals surface area (Å²) in [5, 5.41) is 0. The third-order valence-electron chi connectivity index (χ3n) is 6.90. The summed E-state index contributed by atoms with van der Waals surface area (Å²) in [5.41, 5.74) is 8.93. The van der Waals surface area contributed by atoms with Gasteiger partial charge in [-0.3, -0.25) is 4.90 Å². The van der Waals surface area contributed by atoms with Crippen molar-refractivity contribution in [1.29, 1.82) is 0 Å². The smallest absolute Gasteiger partial charge is 0.119 e. The summed E-state index contributed by atoms with van der Waals surface area (Å²) < 4.78 is 13.2. The van der Waals surface area contributed by atoms with Crippen LogP contribution < -0.4 is 5.73 Å². The molecule has 3 fully saturated rings. The first-order valence-electron chi connectivity index (χ1n) is 11.3. The number of likely N-dealkylation sites (N-methyl/N-ethyl adjacent to an activating group) is 1. The van der Waals surface area contributed by atoms with Crippen LogP contribution in [-0.2, 0) is 9.47 Å². The maximum Gasteiger partial charge on any atom is 0.119 e. The molecule has 2 atom stereocenters. The fourth-order valence-corrected chi connectivity index (χ4v) is 5.24. The van der Waals surface area contributed by atoms with E-state index in [0.29, 0.717) is 6.10 Å². The molecule has 3 heterocycles. The molecule has 3 saturated heterocycles. The van der Waals surface area contributed by atoms with Crippen LogP contribution in [0.5, 0.6) is 0 Å². The first-order chi connectivity index (χ1) is 13.6. The lowest BCUT2D eigenvalue weighted by Gasteiger charge is -2.38. The summed E-state index contributed by atoms with van der Waals surface area (Å²) in [7, 11) is 2.39. The van der Waals surface area contributed by atoms with Gasteiger partial charge in [0.05, 0.1) is 40.0 Å². The molecule has 0 aromatic rings. The SMILES string of the molecule is C[N+]1(CC2CN(CCOCCN3CCC4=CCC(N)C=C43)CCO2)CCCC1. The molecule has 6 heteroatoms. The van der Waals surface area contributed by atoms with Crippen molar-refractivity contribution in [3.63, 3.8) is 0 Å². The predicted molar refractivity (Wildman–Crippen MR) is 112 cm³/mol. The van der Waals surface area contributed by atoms with E-state index in [4.69, 9.17) is 15.2 Å². The van der Waals surface area contributed by atoms with Gasteiger partial charge in [-0.1, -0.05) is 6.08 Å². The number of fused-ring (bicyclic) bond motifs is 1. The molecular weight excluding hydrogens is 352 g/mol. The standard InChI is InChI=1S/C22H39N4O2/c1-26(11-2-3-12-26)18-21-17-24(9-15-28-21)8-13-27-14-10-25-7-6-19-4-5-20(23)16-22(19)25/h4,16,20-21H,2-3,5-15,17-18,23H2,1H3/q+1. The minimum Gasteiger partial charge on any atom is -0.378 e. The van der Waals surface area contributed by atoms with Gasteiger partial charge in [0.1, 0.15) is 12.6 Å². The highest BCUT2D eigenvalue weighted by molar-refractivity contribution is 5.38. The lowest BCUT2D eigenvalue weighted by atomic mass is 10.0. The van der Waals surface area contributed by atoms with Crippen molar-refractivity contribution in [3.8, 4) is 0 Å². The molecule has 0 amide bonds. The number of nitrogens with two attached hydrogens (primary N) is 1. The summed E-state index contributed by atoms with van der Waals surface area (Å²) in [6.45, 7) is 11.5. The number of rotatable bonds is 8. The Morgan fingerprint density at radius 1 is 1.21 bits per heavy atom. The zero-order chi connectivity index (χ0) is 19.4. The van der Waals surface area contributed by atoms with Crippen LogP contribution in [0.2, 0.25) is 0 Å². The predicted octanol–water partition coefficient (Wildman–Crippen LogP) is 1.19. The molecule has 1 aliphatic carbocycles. The number of morpholine rings is 1. The van der Waals surface area contributed by atoms with Gasteiger partial charge < -0.3 is 24.6 Å². The maximum absolute atomic E-state index is 6.09. The van der Waals surface area contributed by atoms with E-state index in [1.165, 1.54) is 48.2 Å². The van der Waals surface area contributed by atoms with Gasteiger partial charge in [0.25, 0.3) is 0 Å². The second-order valence-electron chi connectivity index (χ2n) is 9.28. The Hall–Kier alpha value is -0.920. The molecule has 158 valence electrons. The highest BCUT2D eigenvalue weighted by Crippen LogP contribution is 2.30. The van der Waals surface area contributed by atoms with Gasteiger partial charge in [0.2, 0.25) is 0 Å². The zero-order valence-corrected chi connectivity index (χ0v) is 17.7. The molecular formula is C22H39N4O2+. The second kappa shape index (κ2) is 9.26. The Kier molecular flexibility index (Phi) is 6.74. The molecule has 4 aliphatic rings. The number of hydrogen-bond donors (Lipinski definition) is 1. The van der Waals surface area contributed by atoms with Gasteiger partial charge in [0.15, 0.2) is 0 Å². The molecule has 0 aromatic heterocycles. The van der Waals surface area contributed by atoms with Crippen LogP contribution >= 0.6 is 0 Å². The van der Waals surface area contributed by atoms with Gasteiger partial charge in [0, 0.05) is 57.3 Å². The molecule has 0 saturated carbocycles. The number of nitrogens with zero attached hydrogens (tertiary/aromatic N) is 3. The molecule has 6 nitrogen and oxygen atoms in total. The average Bonchev–Trinajstić information content (AvgIpc) is 3.28. The van der Waals surface area contributed by atoms with Crippen LogP contribution in [0, 0.1) is 0 Å². The van der Waals surface area contributed by atoms with E-state index in [1.807, 2.05) is 0 Å². The van der Waals surface area contributed by atoms with Gasteiger partial charge in [-0.05, 0) is 24.5 Å². The topological polar surface area (TPSA) is 51.0 Å². The number of quaternary nitrogens is 1. The number of ether oxygens (including phenoxy) is 2. The quantitative estimate of drug-likeness (QED) is 0.498. The van der Waals surface area contributed by atoms with E-state index in [-0.39, 0.29) is 6.04 Å². The molecule has 2 N–H and O–H groups in total. The van der Waals surface area contributed by atoms with Crippen molar-refractivity contribution in [2.75, 3.05) is 79.2 Å². The second-order valence-corrected chi connectivity index (χ2v) is 9.28. The lowest BCUT2D eigenvalue weighted by molar-refractivity contribution is -0.900. The normalized spacial score (nSPS) is 30.3. The summed E-state index contributed by atoms with van der Waals surface area (Å²) >= 11 is 0. The molecule has 2 unspecified atom stereocenters. The molecule has 4 rings (SSSR count). The van der Waals surface area contributed by atoms with Crippen LogP contribution in [-0.4, -0.2) is 106 Å². The molecule has 0 spiro atoms. The van der Waals surface area contributed by atoms with Gasteiger partial charge >= 0.3 is 0 Å². The number of allylic oxidation sites excluding steroid dienone is 1. The van der Waals surface area contributed by atoms with Crippen LogP contribution in [0.3, 0.4) is 0 Å². The number of hydrogen-bond acceptors (Lipinski definition) is 5. The third kappa shape index (κ3) is 5.16. The molecule has 3 aliphatic heterocycles. The Morgan fingerprint density at radius 3 is 2.89 bits per heavy atom. The fourth-order valence-electron chi connectivity index (χ4n) is 5.24. The Balaban J connectivity index is 1.12. The molecule has 28 heavy (non-hydrogen) atoms. The summed E-state index contributed by atoms with van der Waals surface area (Å²) in [6, 6.07) is 0.180. The van der Waals surface area contributed by atoms with Crippen LogP contribution in [0.4, 0.5) is 0 Å². The summed E-state index contributed by atoms with van der Waals surface area (Å²) in [5.74, 6) is 0. The monoisotopic (exact) mass is 391 g/mol. The van der Waals surface area contributed by atoms with Gasteiger partial charge in [-0.25, -0.2) is 0 Å². The van der Waals surface area contributed by atoms with Crippen molar-refractivity contribution in [2.24, 2.45) is 5.73 Å². The Labute approximate surface area is 170 Å². The minimum atomic E-state index is 0.180. The summed E-state index contributed by atoms with van der Waals surface area (Å²) in [4.78, 5) is 4.96. The first kappa shape index (κ1) is 20.4. The van der Waals surface area contributed by atoms with E-state index in [0.717, 1.165) is 65.4 Å². The highest BCUT2D eigenvalue weighted by Gasteiger charge is 2.33. The average molecular weight is 392 g/mol. The largest absolute Gasteiger partial charge is 0.378 e. The van der Waals surface area contributed by atoms with Gasteiger partial charge in [-0.15, -0.1) is 0 Å². The Bertz CT molecular complexity index is 585. The van der Waals surface area contributed by atoms with E-state index < -0.39 is 0 Å². The van der Waals surface area contributed by atoms with Crippen LogP contribution in [0.15, 0.2) is 23.4 Å². The van der Waals surface area contributed by atoms with Crippen molar-refractivity contribution in [2.45, 2.75) is 37.8 Å². The lowest BCUT2D eigenvalue weighted by Crippen LogP contribution is -2.53. The van der Waals surface area contributed by atoms with Crippen molar-refractivity contribution >= 4 is 0 Å². The molecule has 0 radical (unpaired) electrons. The fraction of sp³-hybridized carbons (Fsp3) is 0.818. The van der Waals surface area contributed by atoms with Crippen molar-refractivity contribution in [1.82, 2.24) is 9.80 Å². The summed E-state index contributed by atoms with van der Waals surface area (Å²) in [6.07, 6.45) is 9.83. The van der Waals surface area contributed by atoms with E-state index in [9.17, 15) is 0 Å². The van der Waals surface area contributed by atoms with Crippen LogP contribution in [0.25, 0.3) is 0 Å². The van der Waals surface area contributed by atoms with Crippen LogP contribution in [0.1, 0.15) is 25.7 Å². The number of likely N-dealkylation sites (tertiary alicyclic amines) is 2. The van der Waals surface area contributed by atoms with E-state index in [2.05, 4.69) is 29.0 Å². The third-order valence-corrected chi connectivity index (χ3v) is 6.90. The zero-order valence-electron chi connectivity index (χ0n) is 17.7. The Morgan fingerprint density at radius 2 is 2.04 bits per heavy atom. The maximum atomic E-state index is 6.09. The highest BCUT2D eigenvalue weighted by atomic mass is 16.5. The molecule has 0 aromatic carbocycles. The first-order valence-corrected chi connectivity index (χ1v) is 11.3. The van der Waals surface area contributed by atoms with E-state index >= 15 is 0 Å². The van der Waals surface area contributed by atoms with Gasteiger partial charge in [-0.2, -0.15) is 0 Å². The van der Waals surface area contributed by atoms with E-state index in [1.54, 1.807) is 0 Å². The van der Waals surface area contributed by atoms with Crippen molar-refractivity contribution < 1.29 is 14.0 Å².